The number of amides is 1. The number of nitrogens with zero attached hydrogens (tertiary/aromatic N) is 2. The zero-order valence-electron chi connectivity index (χ0n) is 11.7. The molecule has 0 aliphatic carbocycles. The van der Waals surface area contributed by atoms with E-state index in [2.05, 4.69) is 10.8 Å². The third-order valence-electron chi connectivity index (χ3n) is 3.61. The van der Waals surface area contributed by atoms with Gasteiger partial charge in [-0.2, -0.15) is 0 Å². The van der Waals surface area contributed by atoms with Crippen LogP contribution in [0.5, 0.6) is 0 Å². The number of carbonyl (C=O) groups is 1. The molecule has 2 N–H and O–H groups in total. The molecule has 0 unspecified atom stereocenters. The van der Waals surface area contributed by atoms with Crippen LogP contribution in [0.3, 0.4) is 0 Å². The quantitative estimate of drug-likeness (QED) is 0.803. The maximum Gasteiger partial charge on any atom is 0.239 e. The maximum atomic E-state index is 12.3. The molecule has 4 nitrogen and oxygen atoms in total. The van der Waals surface area contributed by atoms with Crippen molar-refractivity contribution in [2.45, 2.75) is 12.5 Å². The van der Waals surface area contributed by atoms with Crippen molar-refractivity contribution in [3.05, 3.63) is 35.9 Å². The largest absolute Gasteiger partial charge is 0.339 e. The zero-order chi connectivity index (χ0) is 14.4. The summed E-state index contributed by atoms with van der Waals surface area (Å²) in [4.78, 5) is 16.3. The molecule has 0 bridgehead atoms. The summed E-state index contributed by atoms with van der Waals surface area (Å²) in [5.41, 5.74) is 7.13. The summed E-state index contributed by atoms with van der Waals surface area (Å²) in [6.07, 6.45) is 5.88. The minimum Gasteiger partial charge on any atom is -0.339 e. The average molecular weight is 271 g/mol. The Balaban J connectivity index is 1.84. The Labute approximate surface area is 120 Å². The lowest BCUT2D eigenvalue weighted by Gasteiger charge is -2.35. The summed E-state index contributed by atoms with van der Waals surface area (Å²) in [7, 11) is 0. The fraction of sp³-hybridized carbons (Fsp3) is 0.438. The third-order valence-corrected chi connectivity index (χ3v) is 3.61. The van der Waals surface area contributed by atoms with Crippen LogP contribution in [0.1, 0.15) is 5.56 Å². The van der Waals surface area contributed by atoms with Crippen LogP contribution in [0.4, 0.5) is 0 Å². The molecule has 1 heterocycles. The van der Waals surface area contributed by atoms with E-state index < -0.39 is 6.04 Å². The summed E-state index contributed by atoms with van der Waals surface area (Å²) in [6.45, 7) is 3.73. The van der Waals surface area contributed by atoms with Gasteiger partial charge in [-0.15, -0.1) is 6.42 Å². The number of hydrogen-bond donors (Lipinski definition) is 1. The van der Waals surface area contributed by atoms with Crippen molar-refractivity contribution in [1.82, 2.24) is 9.80 Å². The number of nitrogens with two attached hydrogens (primary N) is 1. The van der Waals surface area contributed by atoms with E-state index in [0.717, 1.165) is 18.7 Å². The molecule has 1 aliphatic heterocycles. The first-order chi connectivity index (χ1) is 9.70. The van der Waals surface area contributed by atoms with Crippen molar-refractivity contribution in [2.24, 2.45) is 5.73 Å². The van der Waals surface area contributed by atoms with Gasteiger partial charge in [-0.1, -0.05) is 36.3 Å². The van der Waals surface area contributed by atoms with Gasteiger partial charge in [-0.25, -0.2) is 0 Å². The minimum absolute atomic E-state index is 0.0363. The average Bonchev–Trinajstić information content (AvgIpc) is 2.48. The van der Waals surface area contributed by atoms with Crippen LogP contribution >= 0.6 is 0 Å². The van der Waals surface area contributed by atoms with Crippen molar-refractivity contribution in [3.8, 4) is 12.3 Å². The van der Waals surface area contributed by atoms with Gasteiger partial charge in [-0.3, -0.25) is 9.69 Å². The molecule has 1 saturated heterocycles. The van der Waals surface area contributed by atoms with E-state index in [4.69, 9.17) is 12.2 Å². The molecule has 0 saturated carbocycles. The van der Waals surface area contributed by atoms with Gasteiger partial charge in [-0.05, 0) is 12.0 Å². The Morgan fingerprint density at radius 1 is 1.25 bits per heavy atom. The third kappa shape index (κ3) is 3.83. The Morgan fingerprint density at radius 2 is 1.90 bits per heavy atom. The van der Waals surface area contributed by atoms with Crippen LogP contribution in [-0.2, 0) is 11.2 Å². The number of carbonyl (C=O) groups excluding carboxylic acids is 1. The van der Waals surface area contributed by atoms with Gasteiger partial charge in [0.2, 0.25) is 5.91 Å². The molecule has 1 atom stereocenters. The fourth-order valence-electron chi connectivity index (χ4n) is 2.45. The predicted molar refractivity (Wildman–Crippen MR) is 80.0 cm³/mol. The maximum absolute atomic E-state index is 12.3. The van der Waals surface area contributed by atoms with Crippen molar-refractivity contribution >= 4 is 5.91 Å². The standard InChI is InChI=1S/C16H21N3O/c1-2-8-18-9-11-19(12-10-18)16(20)15(17)13-14-6-4-3-5-7-14/h1,3-7,15H,8-13,17H2/t15-/m0/s1. The molecule has 0 radical (unpaired) electrons. The molecular weight excluding hydrogens is 250 g/mol. The molecule has 0 aromatic heterocycles. The first-order valence-electron chi connectivity index (χ1n) is 6.95. The smallest absolute Gasteiger partial charge is 0.239 e. The van der Waals surface area contributed by atoms with Crippen LogP contribution in [0, 0.1) is 12.3 Å². The molecule has 1 aromatic carbocycles. The topological polar surface area (TPSA) is 49.6 Å². The van der Waals surface area contributed by atoms with Crippen LogP contribution < -0.4 is 5.73 Å². The van der Waals surface area contributed by atoms with Gasteiger partial charge < -0.3 is 10.6 Å². The van der Waals surface area contributed by atoms with Gasteiger partial charge >= 0.3 is 0 Å². The number of terminal acetylenes is 1. The number of piperazine rings is 1. The normalized spacial score (nSPS) is 17.5. The number of hydrogen-bond acceptors (Lipinski definition) is 3. The molecule has 4 heteroatoms. The number of rotatable bonds is 4. The highest BCUT2D eigenvalue weighted by atomic mass is 16.2. The van der Waals surface area contributed by atoms with Crippen LogP contribution in [0.25, 0.3) is 0 Å². The molecule has 1 amide bonds. The highest BCUT2D eigenvalue weighted by molar-refractivity contribution is 5.82. The molecular formula is C16H21N3O. The lowest BCUT2D eigenvalue weighted by Crippen LogP contribution is -2.53. The summed E-state index contributed by atoms with van der Waals surface area (Å²) >= 11 is 0. The Hall–Kier alpha value is -1.83. The monoisotopic (exact) mass is 271 g/mol. The molecule has 106 valence electrons. The van der Waals surface area contributed by atoms with Crippen LogP contribution in [0.15, 0.2) is 30.3 Å². The van der Waals surface area contributed by atoms with Gasteiger partial charge in [0.05, 0.1) is 12.6 Å². The second-order valence-corrected chi connectivity index (χ2v) is 5.10. The molecule has 1 aromatic rings. The zero-order valence-corrected chi connectivity index (χ0v) is 11.7. The van der Waals surface area contributed by atoms with E-state index in [-0.39, 0.29) is 5.91 Å². The Morgan fingerprint density at radius 3 is 2.50 bits per heavy atom. The van der Waals surface area contributed by atoms with E-state index in [1.807, 2.05) is 35.2 Å². The highest BCUT2D eigenvalue weighted by Crippen LogP contribution is 2.07. The molecule has 20 heavy (non-hydrogen) atoms. The predicted octanol–water partition coefficient (Wildman–Crippen LogP) is 0.334. The summed E-state index contributed by atoms with van der Waals surface area (Å²) < 4.78 is 0. The van der Waals surface area contributed by atoms with E-state index in [9.17, 15) is 4.79 Å². The molecule has 1 aliphatic rings. The van der Waals surface area contributed by atoms with Crippen LogP contribution in [-0.4, -0.2) is 54.5 Å². The van der Waals surface area contributed by atoms with E-state index >= 15 is 0 Å². The van der Waals surface area contributed by atoms with Crippen LogP contribution in [0.2, 0.25) is 0 Å². The van der Waals surface area contributed by atoms with Gasteiger partial charge in [0, 0.05) is 26.2 Å². The lowest BCUT2D eigenvalue weighted by molar-refractivity contribution is -0.134. The van der Waals surface area contributed by atoms with E-state index in [0.29, 0.717) is 26.1 Å². The first-order valence-corrected chi connectivity index (χ1v) is 6.95. The van der Waals surface area contributed by atoms with Crippen molar-refractivity contribution in [3.63, 3.8) is 0 Å². The Bertz CT molecular complexity index is 472. The molecule has 1 fully saturated rings. The highest BCUT2D eigenvalue weighted by Gasteiger charge is 2.24. The minimum atomic E-state index is -0.461. The second kappa shape index (κ2) is 7.09. The van der Waals surface area contributed by atoms with Gasteiger partial charge in [0.1, 0.15) is 0 Å². The summed E-state index contributed by atoms with van der Waals surface area (Å²) in [5.74, 6) is 2.67. The van der Waals surface area contributed by atoms with Crippen molar-refractivity contribution in [2.75, 3.05) is 32.7 Å². The molecule has 0 spiro atoms. The SMILES string of the molecule is C#CCN1CCN(C(=O)[C@@H](N)Cc2ccccc2)CC1. The summed E-state index contributed by atoms with van der Waals surface area (Å²) in [6, 6.07) is 9.42. The molecule has 2 rings (SSSR count). The lowest BCUT2D eigenvalue weighted by atomic mass is 10.1. The summed E-state index contributed by atoms with van der Waals surface area (Å²) in [5, 5.41) is 0. The van der Waals surface area contributed by atoms with Crippen molar-refractivity contribution in [1.29, 1.82) is 0 Å². The van der Waals surface area contributed by atoms with E-state index in [1.165, 1.54) is 0 Å². The second-order valence-electron chi connectivity index (χ2n) is 5.10. The number of benzene rings is 1. The van der Waals surface area contributed by atoms with Gasteiger partial charge in [0.25, 0.3) is 0 Å². The fourth-order valence-corrected chi connectivity index (χ4v) is 2.45. The first kappa shape index (κ1) is 14.6. The van der Waals surface area contributed by atoms with Gasteiger partial charge in [0.15, 0.2) is 0 Å². The van der Waals surface area contributed by atoms with Crippen molar-refractivity contribution < 1.29 is 4.79 Å². The van der Waals surface area contributed by atoms with E-state index in [1.54, 1.807) is 0 Å². The Kier molecular flexibility index (Phi) is 5.16.